The Balaban J connectivity index is 1.82. The summed E-state index contributed by atoms with van der Waals surface area (Å²) in [4.78, 5) is 23.1. The Labute approximate surface area is 148 Å². The molecule has 2 rings (SSSR count). The molecule has 2 heterocycles. The summed E-state index contributed by atoms with van der Waals surface area (Å²) in [5.74, 6) is 0.0190. The number of carbonyl (C=O) groups excluding carboxylic acids is 1. The fraction of sp³-hybridized carbons (Fsp3) is 0.500. The number of aromatic nitrogens is 2. The minimum atomic E-state index is 0.0190. The van der Waals surface area contributed by atoms with E-state index >= 15 is 0 Å². The van der Waals surface area contributed by atoms with Crippen molar-refractivity contribution in [3.05, 3.63) is 35.6 Å². The monoisotopic (exact) mass is 346 g/mol. The summed E-state index contributed by atoms with van der Waals surface area (Å²) < 4.78 is 0. The van der Waals surface area contributed by atoms with Gasteiger partial charge in [0.2, 0.25) is 5.91 Å². The fourth-order valence-electron chi connectivity index (χ4n) is 2.67. The van der Waals surface area contributed by atoms with Crippen LogP contribution in [0.2, 0.25) is 0 Å². The van der Waals surface area contributed by atoms with Gasteiger partial charge < -0.3 is 5.32 Å². The summed E-state index contributed by atoms with van der Waals surface area (Å²) in [6.07, 6.45) is 3.85. The van der Waals surface area contributed by atoms with Crippen molar-refractivity contribution in [1.82, 2.24) is 20.2 Å². The highest BCUT2D eigenvalue weighted by atomic mass is 32.1. The first-order chi connectivity index (χ1) is 11.5. The predicted molar refractivity (Wildman–Crippen MR) is 99.0 cm³/mol. The molecule has 6 heteroatoms. The van der Waals surface area contributed by atoms with E-state index in [1.54, 1.807) is 23.7 Å². The van der Waals surface area contributed by atoms with Crippen LogP contribution in [0.5, 0.6) is 0 Å². The molecule has 0 atom stereocenters. The molecule has 0 aliphatic rings. The maximum Gasteiger partial charge on any atom is 0.226 e. The summed E-state index contributed by atoms with van der Waals surface area (Å²) in [5, 5.41) is 5.83. The second kappa shape index (κ2) is 8.89. The third kappa shape index (κ3) is 5.39. The summed E-state index contributed by atoms with van der Waals surface area (Å²) in [6, 6.07) is 4.81. The van der Waals surface area contributed by atoms with Gasteiger partial charge in [-0.15, -0.1) is 11.3 Å². The van der Waals surface area contributed by atoms with E-state index in [1.807, 2.05) is 17.5 Å². The molecule has 5 nitrogen and oxygen atoms in total. The summed E-state index contributed by atoms with van der Waals surface area (Å²) in [5.41, 5.74) is 1.79. The molecule has 0 saturated heterocycles. The molecule has 0 spiro atoms. The number of rotatable bonds is 8. The van der Waals surface area contributed by atoms with Crippen LogP contribution in [-0.2, 0) is 11.2 Å². The van der Waals surface area contributed by atoms with Crippen molar-refractivity contribution in [2.24, 2.45) is 0 Å². The standard InChI is InChI=1S/C18H26N4OS/c1-13(2)22(14(3)4)9-8-20-17(23)10-16-12-24-18(21-16)15-6-5-7-19-11-15/h5-7,11-14H,8-10H2,1-4H3,(H,20,23). The molecule has 0 radical (unpaired) electrons. The van der Waals surface area contributed by atoms with Crippen molar-refractivity contribution in [3.63, 3.8) is 0 Å². The van der Waals surface area contributed by atoms with Gasteiger partial charge in [-0.05, 0) is 39.8 Å². The van der Waals surface area contributed by atoms with Gasteiger partial charge in [-0.2, -0.15) is 0 Å². The first kappa shape index (κ1) is 18.5. The van der Waals surface area contributed by atoms with Crippen LogP contribution in [-0.4, -0.2) is 45.9 Å². The average Bonchev–Trinajstić information content (AvgIpc) is 3.00. The molecule has 130 valence electrons. The topological polar surface area (TPSA) is 58.1 Å². The van der Waals surface area contributed by atoms with Crippen molar-refractivity contribution < 1.29 is 4.79 Å². The van der Waals surface area contributed by atoms with Gasteiger partial charge in [-0.25, -0.2) is 4.98 Å². The van der Waals surface area contributed by atoms with Crippen molar-refractivity contribution in [3.8, 4) is 10.6 Å². The molecular formula is C18H26N4OS. The van der Waals surface area contributed by atoms with E-state index < -0.39 is 0 Å². The van der Waals surface area contributed by atoms with Gasteiger partial charge in [0, 0.05) is 48.5 Å². The minimum Gasteiger partial charge on any atom is -0.354 e. The van der Waals surface area contributed by atoms with E-state index in [0.717, 1.165) is 22.8 Å². The number of hydrogen-bond acceptors (Lipinski definition) is 5. The third-order valence-electron chi connectivity index (χ3n) is 3.82. The molecule has 0 aromatic carbocycles. The largest absolute Gasteiger partial charge is 0.354 e. The number of nitrogens with one attached hydrogen (secondary N) is 1. The van der Waals surface area contributed by atoms with Crippen LogP contribution >= 0.6 is 11.3 Å². The Morgan fingerprint density at radius 3 is 2.67 bits per heavy atom. The van der Waals surface area contributed by atoms with Crippen LogP contribution in [0.3, 0.4) is 0 Å². The van der Waals surface area contributed by atoms with Gasteiger partial charge in [0.15, 0.2) is 0 Å². The second-order valence-electron chi connectivity index (χ2n) is 6.34. The molecule has 2 aromatic heterocycles. The number of carbonyl (C=O) groups is 1. The molecular weight excluding hydrogens is 320 g/mol. The normalized spacial score (nSPS) is 11.5. The zero-order chi connectivity index (χ0) is 17.5. The number of thiazole rings is 1. The predicted octanol–water partition coefficient (Wildman–Crippen LogP) is 2.98. The number of pyridine rings is 1. The quantitative estimate of drug-likeness (QED) is 0.798. The second-order valence-corrected chi connectivity index (χ2v) is 7.20. The van der Waals surface area contributed by atoms with Crippen molar-refractivity contribution in [2.45, 2.75) is 46.2 Å². The number of hydrogen-bond donors (Lipinski definition) is 1. The number of amides is 1. The Hall–Kier alpha value is -1.79. The van der Waals surface area contributed by atoms with E-state index in [2.05, 4.69) is 47.9 Å². The summed E-state index contributed by atoms with van der Waals surface area (Å²) in [7, 11) is 0. The molecule has 1 N–H and O–H groups in total. The zero-order valence-electron chi connectivity index (χ0n) is 14.8. The average molecular weight is 347 g/mol. The first-order valence-corrected chi connectivity index (χ1v) is 9.22. The highest BCUT2D eigenvalue weighted by molar-refractivity contribution is 7.13. The summed E-state index contributed by atoms with van der Waals surface area (Å²) >= 11 is 1.54. The van der Waals surface area contributed by atoms with Gasteiger partial charge >= 0.3 is 0 Å². The van der Waals surface area contributed by atoms with Crippen LogP contribution < -0.4 is 5.32 Å². The molecule has 1 amide bonds. The van der Waals surface area contributed by atoms with Gasteiger partial charge in [0.25, 0.3) is 0 Å². The Bertz CT molecular complexity index is 631. The Morgan fingerprint density at radius 2 is 2.04 bits per heavy atom. The number of nitrogens with zero attached hydrogens (tertiary/aromatic N) is 3. The molecule has 24 heavy (non-hydrogen) atoms. The highest BCUT2D eigenvalue weighted by Crippen LogP contribution is 2.22. The molecule has 0 aliphatic carbocycles. The lowest BCUT2D eigenvalue weighted by Crippen LogP contribution is -2.42. The van der Waals surface area contributed by atoms with Crippen molar-refractivity contribution >= 4 is 17.2 Å². The van der Waals surface area contributed by atoms with E-state index in [4.69, 9.17) is 0 Å². The lowest BCUT2D eigenvalue weighted by Gasteiger charge is -2.30. The Morgan fingerprint density at radius 1 is 1.29 bits per heavy atom. The first-order valence-electron chi connectivity index (χ1n) is 8.34. The van der Waals surface area contributed by atoms with Crippen LogP contribution in [0.25, 0.3) is 10.6 Å². The Kier molecular flexibility index (Phi) is 6.87. The van der Waals surface area contributed by atoms with Gasteiger partial charge in [-0.1, -0.05) is 0 Å². The van der Waals surface area contributed by atoms with Gasteiger partial charge in [0.1, 0.15) is 5.01 Å². The minimum absolute atomic E-state index is 0.0190. The van der Waals surface area contributed by atoms with E-state index in [0.29, 0.717) is 25.0 Å². The van der Waals surface area contributed by atoms with Crippen LogP contribution in [0, 0.1) is 0 Å². The molecule has 0 unspecified atom stereocenters. The van der Waals surface area contributed by atoms with Crippen molar-refractivity contribution in [1.29, 1.82) is 0 Å². The molecule has 2 aromatic rings. The zero-order valence-corrected chi connectivity index (χ0v) is 15.6. The molecule has 0 fully saturated rings. The maximum atomic E-state index is 12.1. The summed E-state index contributed by atoms with van der Waals surface area (Å²) in [6.45, 7) is 10.2. The van der Waals surface area contributed by atoms with E-state index in [-0.39, 0.29) is 5.91 Å². The van der Waals surface area contributed by atoms with E-state index in [9.17, 15) is 4.79 Å². The smallest absolute Gasteiger partial charge is 0.226 e. The highest BCUT2D eigenvalue weighted by Gasteiger charge is 2.14. The SMILES string of the molecule is CC(C)N(CCNC(=O)Cc1csc(-c2cccnc2)n1)C(C)C. The molecule has 0 aliphatic heterocycles. The fourth-order valence-corrected chi connectivity index (χ4v) is 3.48. The van der Waals surface area contributed by atoms with Crippen LogP contribution in [0.4, 0.5) is 0 Å². The van der Waals surface area contributed by atoms with Gasteiger partial charge in [-0.3, -0.25) is 14.7 Å². The molecule has 0 bridgehead atoms. The lowest BCUT2D eigenvalue weighted by molar-refractivity contribution is -0.120. The third-order valence-corrected chi connectivity index (χ3v) is 4.76. The van der Waals surface area contributed by atoms with Gasteiger partial charge in [0.05, 0.1) is 12.1 Å². The van der Waals surface area contributed by atoms with Crippen molar-refractivity contribution in [2.75, 3.05) is 13.1 Å². The van der Waals surface area contributed by atoms with Crippen LogP contribution in [0.15, 0.2) is 29.9 Å². The maximum absolute atomic E-state index is 12.1. The molecule has 0 saturated carbocycles. The lowest BCUT2D eigenvalue weighted by atomic mass is 10.2. The van der Waals surface area contributed by atoms with E-state index in [1.165, 1.54) is 0 Å². The van der Waals surface area contributed by atoms with Crippen LogP contribution in [0.1, 0.15) is 33.4 Å².